The van der Waals surface area contributed by atoms with Crippen molar-refractivity contribution in [1.29, 1.82) is 0 Å². The molecule has 1 heterocycles. The van der Waals surface area contributed by atoms with Crippen LogP contribution in [0, 0.1) is 5.92 Å². The predicted octanol–water partition coefficient (Wildman–Crippen LogP) is 1.10. The molecule has 2 aliphatic rings. The van der Waals surface area contributed by atoms with Gasteiger partial charge in [0.05, 0.1) is 0 Å². The Bertz CT molecular complexity index is 116. The van der Waals surface area contributed by atoms with Gasteiger partial charge < -0.3 is 5.32 Å². The van der Waals surface area contributed by atoms with E-state index in [4.69, 9.17) is 0 Å². The van der Waals surface area contributed by atoms with Crippen molar-refractivity contribution in [3.05, 3.63) is 0 Å². The molecule has 1 aliphatic heterocycles. The summed E-state index contributed by atoms with van der Waals surface area (Å²) in [6.07, 6.45) is 3.49. The lowest BCUT2D eigenvalue weighted by atomic mass is 9.71. The van der Waals surface area contributed by atoms with Gasteiger partial charge in [0, 0.05) is 13.1 Å². The van der Waals surface area contributed by atoms with Crippen molar-refractivity contribution >= 4 is 0 Å². The molecule has 52 valence electrons. The third-order valence-electron chi connectivity index (χ3n) is 2.67. The maximum Gasteiger partial charge on any atom is 0.138 e. The average Bonchev–Trinajstić information content (AvgIpc) is 1.56. The molecule has 2 heteroatoms. The van der Waals surface area contributed by atoms with Crippen LogP contribution in [0.1, 0.15) is 19.3 Å². The van der Waals surface area contributed by atoms with Crippen molar-refractivity contribution in [3.63, 3.8) is 0 Å². The molecule has 0 aromatic carbocycles. The van der Waals surface area contributed by atoms with Gasteiger partial charge in [-0.25, -0.2) is 4.39 Å². The second-order valence-corrected chi connectivity index (χ2v) is 3.27. The predicted molar refractivity (Wildman–Crippen MR) is 34.0 cm³/mol. The molecule has 0 unspecified atom stereocenters. The van der Waals surface area contributed by atoms with Gasteiger partial charge in [-0.1, -0.05) is 6.42 Å². The van der Waals surface area contributed by atoms with Crippen LogP contribution in [-0.2, 0) is 0 Å². The lowest BCUT2D eigenvalue weighted by Crippen LogP contribution is -2.61. The van der Waals surface area contributed by atoms with Crippen molar-refractivity contribution in [1.82, 2.24) is 5.32 Å². The Morgan fingerprint density at radius 3 is 2.11 bits per heavy atom. The second kappa shape index (κ2) is 1.69. The van der Waals surface area contributed by atoms with Gasteiger partial charge in [0.15, 0.2) is 0 Å². The minimum absolute atomic E-state index is 0.402. The molecule has 1 N–H and O–H groups in total. The molecule has 2 fully saturated rings. The highest BCUT2D eigenvalue weighted by Gasteiger charge is 2.46. The van der Waals surface area contributed by atoms with Crippen LogP contribution in [0.4, 0.5) is 4.39 Å². The highest BCUT2D eigenvalue weighted by molar-refractivity contribution is 5.01. The van der Waals surface area contributed by atoms with Crippen molar-refractivity contribution < 1.29 is 4.39 Å². The van der Waals surface area contributed by atoms with Crippen molar-refractivity contribution in [3.8, 4) is 0 Å². The van der Waals surface area contributed by atoms with E-state index >= 15 is 0 Å². The normalized spacial score (nSPS) is 33.0. The molecule has 0 spiro atoms. The quantitative estimate of drug-likeness (QED) is 0.559. The molecule has 0 bridgehead atoms. The summed E-state index contributed by atoms with van der Waals surface area (Å²) in [5, 5.41) is 2.98. The summed E-state index contributed by atoms with van der Waals surface area (Å²) >= 11 is 0. The molecule has 0 amide bonds. The van der Waals surface area contributed by atoms with Gasteiger partial charge in [0.1, 0.15) is 5.67 Å². The Morgan fingerprint density at radius 1 is 1.33 bits per heavy atom. The first kappa shape index (κ1) is 5.66. The average molecular weight is 129 g/mol. The number of nitrogens with one attached hydrogen (secondary N) is 1. The van der Waals surface area contributed by atoms with Gasteiger partial charge in [0.2, 0.25) is 0 Å². The Morgan fingerprint density at radius 2 is 2.00 bits per heavy atom. The number of hydrogen-bond donors (Lipinski definition) is 1. The zero-order valence-corrected chi connectivity index (χ0v) is 5.49. The zero-order chi connectivity index (χ0) is 6.32. The first-order chi connectivity index (χ1) is 4.31. The maximum absolute atomic E-state index is 13.3. The highest BCUT2D eigenvalue weighted by atomic mass is 19.1. The van der Waals surface area contributed by atoms with Gasteiger partial charge in [-0.3, -0.25) is 0 Å². The fourth-order valence-corrected chi connectivity index (χ4v) is 1.58. The number of halogens is 1. The van der Waals surface area contributed by atoms with Crippen LogP contribution in [0.3, 0.4) is 0 Å². The standard InChI is InChI=1S/C7H12FN/c8-7(4-9-5-7)6-2-1-3-6/h6,9H,1-5H2. The topological polar surface area (TPSA) is 12.0 Å². The number of alkyl halides is 1. The first-order valence-corrected chi connectivity index (χ1v) is 3.71. The van der Waals surface area contributed by atoms with E-state index < -0.39 is 5.67 Å². The summed E-state index contributed by atoms with van der Waals surface area (Å²) in [5.41, 5.74) is -0.793. The van der Waals surface area contributed by atoms with Crippen LogP contribution in [0.2, 0.25) is 0 Å². The zero-order valence-electron chi connectivity index (χ0n) is 5.49. The largest absolute Gasteiger partial charge is 0.310 e. The minimum Gasteiger partial charge on any atom is -0.310 e. The molecular formula is C7H12FN. The Kier molecular flexibility index (Phi) is 1.06. The van der Waals surface area contributed by atoms with Crippen LogP contribution in [0.15, 0.2) is 0 Å². The highest BCUT2D eigenvalue weighted by Crippen LogP contribution is 2.40. The third kappa shape index (κ3) is 0.692. The lowest BCUT2D eigenvalue weighted by Gasteiger charge is -2.45. The van der Waals surface area contributed by atoms with E-state index in [0.717, 1.165) is 12.8 Å². The minimum atomic E-state index is -0.793. The monoisotopic (exact) mass is 129 g/mol. The molecule has 0 radical (unpaired) electrons. The summed E-state index contributed by atoms with van der Waals surface area (Å²) in [4.78, 5) is 0. The molecule has 0 aromatic heterocycles. The van der Waals surface area contributed by atoms with E-state index in [2.05, 4.69) is 5.32 Å². The first-order valence-electron chi connectivity index (χ1n) is 3.71. The van der Waals surface area contributed by atoms with Crippen LogP contribution >= 0.6 is 0 Å². The molecule has 1 aliphatic carbocycles. The molecule has 0 atom stereocenters. The molecule has 1 nitrogen and oxygen atoms in total. The van der Waals surface area contributed by atoms with Crippen molar-refractivity contribution in [2.75, 3.05) is 13.1 Å². The van der Waals surface area contributed by atoms with Gasteiger partial charge >= 0.3 is 0 Å². The van der Waals surface area contributed by atoms with E-state index in [1.165, 1.54) is 6.42 Å². The fourth-order valence-electron chi connectivity index (χ4n) is 1.58. The Labute approximate surface area is 54.6 Å². The van der Waals surface area contributed by atoms with Crippen LogP contribution in [-0.4, -0.2) is 18.8 Å². The third-order valence-corrected chi connectivity index (χ3v) is 2.67. The molecule has 2 rings (SSSR count). The fraction of sp³-hybridized carbons (Fsp3) is 1.00. The van der Waals surface area contributed by atoms with Gasteiger partial charge in [-0.05, 0) is 18.8 Å². The summed E-state index contributed by atoms with van der Waals surface area (Å²) in [6.45, 7) is 1.22. The summed E-state index contributed by atoms with van der Waals surface area (Å²) in [5.74, 6) is 0.402. The number of hydrogen-bond acceptors (Lipinski definition) is 1. The van der Waals surface area contributed by atoms with Crippen LogP contribution in [0.25, 0.3) is 0 Å². The van der Waals surface area contributed by atoms with E-state index in [0.29, 0.717) is 19.0 Å². The Hall–Kier alpha value is -0.110. The summed E-state index contributed by atoms with van der Waals surface area (Å²) in [7, 11) is 0. The van der Waals surface area contributed by atoms with E-state index in [1.54, 1.807) is 0 Å². The number of rotatable bonds is 1. The Balaban J connectivity index is 1.94. The van der Waals surface area contributed by atoms with Crippen LogP contribution < -0.4 is 5.32 Å². The molecular weight excluding hydrogens is 117 g/mol. The summed E-state index contributed by atoms with van der Waals surface area (Å²) in [6, 6.07) is 0. The molecule has 0 aromatic rings. The molecule has 1 saturated heterocycles. The van der Waals surface area contributed by atoms with Crippen molar-refractivity contribution in [2.24, 2.45) is 5.92 Å². The second-order valence-electron chi connectivity index (χ2n) is 3.27. The van der Waals surface area contributed by atoms with E-state index in [1.807, 2.05) is 0 Å². The summed E-state index contributed by atoms with van der Waals surface area (Å²) < 4.78 is 13.3. The van der Waals surface area contributed by atoms with Gasteiger partial charge in [-0.2, -0.15) is 0 Å². The van der Waals surface area contributed by atoms with Gasteiger partial charge in [0.25, 0.3) is 0 Å². The van der Waals surface area contributed by atoms with Gasteiger partial charge in [-0.15, -0.1) is 0 Å². The molecule has 9 heavy (non-hydrogen) atoms. The maximum atomic E-state index is 13.3. The van der Waals surface area contributed by atoms with E-state index in [-0.39, 0.29) is 0 Å². The lowest BCUT2D eigenvalue weighted by molar-refractivity contribution is -0.0135. The van der Waals surface area contributed by atoms with Crippen LogP contribution in [0.5, 0.6) is 0 Å². The smallest absolute Gasteiger partial charge is 0.138 e. The van der Waals surface area contributed by atoms with Crippen molar-refractivity contribution in [2.45, 2.75) is 24.9 Å². The molecule has 1 saturated carbocycles. The van der Waals surface area contributed by atoms with E-state index in [9.17, 15) is 4.39 Å². The SMILES string of the molecule is FC1(C2CCC2)CNC1.